The van der Waals surface area contributed by atoms with Gasteiger partial charge in [0, 0.05) is 12.7 Å². The van der Waals surface area contributed by atoms with Crippen LogP contribution in [0.3, 0.4) is 0 Å². The second-order valence-corrected chi connectivity index (χ2v) is 5.58. The first-order chi connectivity index (χ1) is 9.65. The van der Waals surface area contributed by atoms with E-state index in [0.717, 1.165) is 25.1 Å². The summed E-state index contributed by atoms with van der Waals surface area (Å²) in [4.78, 5) is 14.2. The summed E-state index contributed by atoms with van der Waals surface area (Å²) in [5.74, 6) is 0.161. The summed E-state index contributed by atoms with van der Waals surface area (Å²) in [5.41, 5.74) is 2.21. The van der Waals surface area contributed by atoms with Crippen LogP contribution in [-0.4, -0.2) is 25.5 Å². The monoisotopic (exact) mass is 268 g/mol. The third-order valence-electron chi connectivity index (χ3n) is 4.06. The van der Waals surface area contributed by atoms with Gasteiger partial charge in [-0.15, -0.1) is 0 Å². The normalized spacial score (nSPS) is 18.4. The van der Waals surface area contributed by atoms with E-state index < -0.39 is 0 Å². The van der Waals surface area contributed by atoms with Crippen LogP contribution in [0, 0.1) is 6.92 Å². The molecule has 0 saturated carbocycles. The van der Waals surface area contributed by atoms with E-state index in [1.807, 2.05) is 13.1 Å². The third-order valence-corrected chi connectivity index (χ3v) is 4.06. The fraction of sp³-hybridized carbons (Fsp3) is 0.353. The molecule has 2 aromatic carbocycles. The van der Waals surface area contributed by atoms with Gasteiger partial charge < -0.3 is 10.2 Å². The third kappa shape index (κ3) is 2.41. The summed E-state index contributed by atoms with van der Waals surface area (Å²) in [6, 6.07) is 12.6. The first kappa shape index (κ1) is 13.1. The Labute approximate surface area is 119 Å². The van der Waals surface area contributed by atoms with Crippen LogP contribution in [0.15, 0.2) is 36.4 Å². The van der Waals surface area contributed by atoms with Gasteiger partial charge in [-0.2, -0.15) is 0 Å². The lowest BCUT2D eigenvalue weighted by Crippen LogP contribution is -2.41. The molecule has 1 fully saturated rings. The van der Waals surface area contributed by atoms with Crippen LogP contribution < -0.4 is 10.2 Å². The molecule has 1 saturated heterocycles. The standard InChI is InChI=1S/C17H20N2O/c1-12-5-6-14-11-15(8-7-13(14)10-12)19(2)17(20)16-4-3-9-18-16/h5-8,10-11,16,18H,3-4,9H2,1-2H3. The van der Waals surface area contributed by atoms with Gasteiger partial charge in [-0.1, -0.05) is 29.8 Å². The number of nitrogens with one attached hydrogen (secondary N) is 1. The maximum Gasteiger partial charge on any atom is 0.243 e. The largest absolute Gasteiger partial charge is 0.314 e. The molecule has 1 N–H and O–H groups in total. The van der Waals surface area contributed by atoms with Crippen molar-refractivity contribution < 1.29 is 4.79 Å². The van der Waals surface area contributed by atoms with Crippen LogP contribution in [0.1, 0.15) is 18.4 Å². The number of anilines is 1. The van der Waals surface area contributed by atoms with E-state index in [0.29, 0.717) is 0 Å². The number of carbonyl (C=O) groups excluding carboxylic acids is 1. The highest BCUT2D eigenvalue weighted by Gasteiger charge is 2.25. The minimum Gasteiger partial charge on any atom is -0.314 e. The Morgan fingerprint density at radius 3 is 2.70 bits per heavy atom. The lowest BCUT2D eigenvalue weighted by molar-refractivity contribution is -0.119. The Hall–Kier alpha value is -1.87. The quantitative estimate of drug-likeness (QED) is 0.908. The van der Waals surface area contributed by atoms with Crippen molar-refractivity contribution in [2.24, 2.45) is 0 Å². The highest BCUT2D eigenvalue weighted by Crippen LogP contribution is 2.23. The molecule has 3 rings (SSSR count). The van der Waals surface area contributed by atoms with Crippen molar-refractivity contribution in [3.8, 4) is 0 Å². The lowest BCUT2D eigenvalue weighted by atomic mass is 10.1. The summed E-state index contributed by atoms with van der Waals surface area (Å²) >= 11 is 0. The van der Waals surface area contributed by atoms with E-state index in [9.17, 15) is 4.79 Å². The van der Waals surface area contributed by atoms with Crippen LogP contribution in [0.2, 0.25) is 0 Å². The molecule has 1 aliphatic heterocycles. The van der Waals surface area contributed by atoms with Crippen molar-refractivity contribution in [2.45, 2.75) is 25.8 Å². The molecule has 3 heteroatoms. The number of benzene rings is 2. The molecule has 0 aliphatic carbocycles. The maximum atomic E-state index is 12.4. The van der Waals surface area contributed by atoms with Gasteiger partial charge in [0.1, 0.15) is 0 Å². The molecule has 1 unspecified atom stereocenters. The van der Waals surface area contributed by atoms with Crippen molar-refractivity contribution >= 4 is 22.4 Å². The fourth-order valence-corrected chi connectivity index (χ4v) is 2.82. The molecule has 1 aliphatic rings. The molecule has 1 heterocycles. The van der Waals surface area contributed by atoms with Crippen molar-refractivity contribution in [1.82, 2.24) is 5.32 Å². The minimum atomic E-state index is -0.0197. The second kappa shape index (κ2) is 5.25. The minimum absolute atomic E-state index is 0.0197. The first-order valence-corrected chi connectivity index (χ1v) is 7.16. The van der Waals surface area contributed by atoms with Gasteiger partial charge in [-0.3, -0.25) is 4.79 Å². The summed E-state index contributed by atoms with van der Waals surface area (Å²) in [7, 11) is 1.86. The van der Waals surface area contributed by atoms with E-state index in [4.69, 9.17) is 0 Å². The highest BCUT2D eigenvalue weighted by atomic mass is 16.2. The Morgan fingerprint density at radius 2 is 1.95 bits per heavy atom. The van der Waals surface area contributed by atoms with Gasteiger partial charge >= 0.3 is 0 Å². The van der Waals surface area contributed by atoms with E-state index in [1.54, 1.807) is 4.90 Å². The van der Waals surface area contributed by atoms with Crippen LogP contribution in [0.4, 0.5) is 5.69 Å². The predicted molar refractivity (Wildman–Crippen MR) is 83.1 cm³/mol. The van der Waals surface area contributed by atoms with Crippen LogP contribution in [-0.2, 0) is 4.79 Å². The molecule has 104 valence electrons. The number of rotatable bonds is 2. The second-order valence-electron chi connectivity index (χ2n) is 5.58. The summed E-state index contributed by atoms with van der Waals surface area (Å²) in [6.07, 6.45) is 2.02. The Balaban J connectivity index is 1.89. The van der Waals surface area contributed by atoms with Crippen molar-refractivity contribution in [3.63, 3.8) is 0 Å². The van der Waals surface area contributed by atoms with E-state index in [2.05, 4.69) is 42.6 Å². The van der Waals surface area contributed by atoms with Gasteiger partial charge in [-0.05, 0) is 49.2 Å². The van der Waals surface area contributed by atoms with Crippen LogP contribution in [0.25, 0.3) is 10.8 Å². The molecule has 3 nitrogen and oxygen atoms in total. The zero-order valence-corrected chi connectivity index (χ0v) is 12.0. The molecular formula is C17H20N2O. The summed E-state index contributed by atoms with van der Waals surface area (Å²) in [6.45, 7) is 3.04. The van der Waals surface area contributed by atoms with Crippen molar-refractivity contribution in [2.75, 3.05) is 18.5 Å². The molecule has 1 amide bonds. The van der Waals surface area contributed by atoms with E-state index in [-0.39, 0.29) is 11.9 Å². The highest BCUT2D eigenvalue weighted by molar-refractivity contribution is 5.99. The number of aryl methyl sites for hydroxylation is 1. The average Bonchev–Trinajstić information content (AvgIpc) is 2.99. The van der Waals surface area contributed by atoms with Gasteiger partial charge in [0.2, 0.25) is 5.91 Å². The smallest absolute Gasteiger partial charge is 0.243 e. The maximum absolute atomic E-state index is 12.4. The van der Waals surface area contributed by atoms with Crippen LogP contribution in [0.5, 0.6) is 0 Å². The number of hydrogen-bond donors (Lipinski definition) is 1. The zero-order valence-electron chi connectivity index (χ0n) is 12.0. The number of amides is 1. The van der Waals surface area contributed by atoms with Gasteiger partial charge in [0.05, 0.1) is 6.04 Å². The molecule has 0 radical (unpaired) electrons. The molecular weight excluding hydrogens is 248 g/mol. The Morgan fingerprint density at radius 1 is 1.20 bits per heavy atom. The number of hydrogen-bond acceptors (Lipinski definition) is 2. The zero-order chi connectivity index (χ0) is 14.1. The topological polar surface area (TPSA) is 32.3 Å². The van der Waals surface area contributed by atoms with Crippen LogP contribution >= 0.6 is 0 Å². The Bertz CT molecular complexity index is 644. The lowest BCUT2D eigenvalue weighted by Gasteiger charge is -2.21. The molecule has 1 atom stereocenters. The molecule has 0 bridgehead atoms. The van der Waals surface area contributed by atoms with E-state index in [1.165, 1.54) is 16.3 Å². The molecule has 20 heavy (non-hydrogen) atoms. The Kier molecular flexibility index (Phi) is 3.45. The predicted octanol–water partition coefficient (Wildman–Crippen LogP) is 2.86. The molecule has 0 spiro atoms. The molecule has 0 aromatic heterocycles. The fourth-order valence-electron chi connectivity index (χ4n) is 2.82. The average molecular weight is 268 g/mol. The number of nitrogens with zero attached hydrogens (tertiary/aromatic N) is 1. The van der Waals surface area contributed by atoms with Gasteiger partial charge in [0.25, 0.3) is 0 Å². The molecule has 2 aromatic rings. The summed E-state index contributed by atoms with van der Waals surface area (Å²) < 4.78 is 0. The van der Waals surface area contributed by atoms with Gasteiger partial charge in [0.15, 0.2) is 0 Å². The SMILES string of the molecule is Cc1ccc2cc(N(C)C(=O)C3CCCN3)ccc2c1. The first-order valence-electron chi connectivity index (χ1n) is 7.16. The summed E-state index contributed by atoms with van der Waals surface area (Å²) in [5, 5.41) is 5.65. The van der Waals surface area contributed by atoms with Crippen molar-refractivity contribution in [1.29, 1.82) is 0 Å². The number of fused-ring (bicyclic) bond motifs is 1. The number of carbonyl (C=O) groups is 1. The van der Waals surface area contributed by atoms with E-state index >= 15 is 0 Å². The van der Waals surface area contributed by atoms with Gasteiger partial charge in [-0.25, -0.2) is 0 Å². The van der Waals surface area contributed by atoms with Crippen molar-refractivity contribution in [3.05, 3.63) is 42.0 Å². The number of likely N-dealkylation sites (N-methyl/N-ethyl adjacent to an activating group) is 1.